The normalized spacial score (nSPS) is 15.6. The average Bonchev–Trinajstić information content (AvgIpc) is 3.10. The standard InChI is InChI=1S/C13H22N4O/c1-13(2,3)6-7-18-11-8-10(17-14)15-12(16-11)9-4-5-9/h8-9H,4-7,14H2,1-3H3,(H,15,16,17). The molecule has 1 aromatic heterocycles. The number of hydrazine groups is 1. The van der Waals surface area contributed by atoms with Gasteiger partial charge in [0.05, 0.1) is 6.61 Å². The van der Waals surface area contributed by atoms with E-state index in [1.807, 2.05) is 0 Å². The predicted octanol–water partition coefficient (Wildman–Crippen LogP) is 2.45. The maximum Gasteiger partial charge on any atom is 0.218 e. The third kappa shape index (κ3) is 3.84. The van der Waals surface area contributed by atoms with E-state index in [1.54, 1.807) is 6.07 Å². The number of nitrogens with zero attached hydrogens (tertiary/aromatic N) is 2. The maximum absolute atomic E-state index is 5.70. The Morgan fingerprint density at radius 3 is 2.67 bits per heavy atom. The molecule has 0 bridgehead atoms. The van der Waals surface area contributed by atoms with Crippen LogP contribution in [0.2, 0.25) is 0 Å². The molecule has 0 saturated heterocycles. The fourth-order valence-electron chi connectivity index (χ4n) is 1.58. The number of aromatic nitrogens is 2. The van der Waals surface area contributed by atoms with E-state index in [4.69, 9.17) is 10.6 Å². The Kier molecular flexibility index (Phi) is 3.71. The Morgan fingerprint density at radius 1 is 1.39 bits per heavy atom. The monoisotopic (exact) mass is 250 g/mol. The van der Waals surface area contributed by atoms with Gasteiger partial charge >= 0.3 is 0 Å². The lowest BCUT2D eigenvalue weighted by atomic mass is 9.93. The molecule has 0 aromatic carbocycles. The molecule has 1 saturated carbocycles. The van der Waals surface area contributed by atoms with Gasteiger partial charge in [0.25, 0.3) is 0 Å². The number of hydrogen-bond acceptors (Lipinski definition) is 5. The van der Waals surface area contributed by atoms with Crippen molar-refractivity contribution in [3.05, 3.63) is 11.9 Å². The molecule has 0 atom stereocenters. The Morgan fingerprint density at radius 2 is 2.11 bits per heavy atom. The molecular weight excluding hydrogens is 228 g/mol. The van der Waals surface area contributed by atoms with E-state index in [-0.39, 0.29) is 5.41 Å². The van der Waals surface area contributed by atoms with Crippen molar-refractivity contribution in [3.63, 3.8) is 0 Å². The van der Waals surface area contributed by atoms with E-state index in [0.717, 1.165) is 25.1 Å². The molecule has 18 heavy (non-hydrogen) atoms. The fourth-order valence-corrected chi connectivity index (χ4v) is 1.58. The van der Waals surface area contributed by atoms with Gasteiger partial charge in [-0.25, -0.2) is 10.8 Å². The quantitative estimate of drug-likeness (QED) is 0.620. The summed E-state index contributed by atoms with van der Waals surface area (Å²) in [5.74, 6) is 7.98. The summed E-state index contributed by atoms with van der Waals surface area (Å²) in [6.07, 6.45) is 3.31. The van der Waals surface area contributed by atoms with Crippen molar-refractivity contribution in [3.8, 4) is 5.88 Å². The topological polar surface area (TPSA) is 73.1 Å². The second-order valence-corrected chi connectivity index (χ2v) is 6.03. The predicted molar refractivity (Wildman–Crippen MR) is 71.4 cm³/mol. The largest absolute Gasteiger partial charge is 0.478 e. The smallest absolute Gasteiger partial charge is 0.218 e. The minimum atomic E-state index is 0.265. The van der Waals surface area contributed by atoms with Gasteiger partial charge in [-0.2, -0.15) is 4.98 Å². The van der Waals surface area contributed by atoms with Gasteiger partial charge in [0.1, 0.15) is 11.6 Å². The second-order valence-electron chi connectivity index (χ2n) is 6.03. The molecule has 0 radical (unpaired) electrons. The van der Waals surface area contributed by atoms with Crippen LogP contribution >= 0.6 is 0 Å². The molecular formula is C13H22N4O. The number of rotatable bonds is 5. The Labute approximate surface area is 108 Å². The van der Waals surface area contributed by atoms with Gasteiger partial charge in [0.2, 0.25) is 5.88 Å². The number of anilines is 1. The summed E-state index contributed by atoms with van der Waals surface area (Å²) in [7, 11) is 0. The molecule has 100 valence electrons. The highest BCUT2D eigenvalue weighted by molar-refractivity contribution is 5.38. The van der Waals surface area contributed by atoms with Crippen LogP contribution in [0.15, 0.2) is 6.07 Å². The van der Waals surface area contributed by atoms with E-state index in [1.165, 1.54) is 0 Å². The number of nitrogens with one attached hydrogen (secondary N) is 1. The van der Waals surface area contributed by atoms with Crippen LogP contribution < -0.4 is 16.0 Å². The minimum absolute atomic E-state index is 0.265. The maximum atomic E-state index is 5.70. The van der Waals surface area contributed by atoms with Gasteiger partial charge < -0.3 is 10.2 Å². The molecule has 2 rings (SSSR count). The van der Waals surface area contributed by atoms with Crippen LogP contribution in [0.3, 0.4) is 0 Å². The summed E-state index contributed by atoms with van der Waals surface area (Å²) in [6, 6.07) is 1.74. The number of nitrogen functional groups attached to an aromatic ring is 1. The van der Waals surface area contributed by atoms with Crippen LogP contribution in [-0.2, 0) is 0 Å². The Bertz CT molecular complexity index is 410. The highest BCUT2D eigenvalue weighted by Crippen LogP contribution is 2.39. The van der Waals surface area contributed by atoms with E-state index in [2.05, 4.69) is 36.2 Å². The zero-order chi connectivity index (χ0) is 13.2. The molecule has 0 unspecified atom stereocenters. The summed E-state index contributed by atoms with van der Waals surface area (Å²) in [5, 5.41) is 0. The Hall–Kier alpha value is -1.36. The van der Waals surface area contributed by atoms with E-state index < -0.39 is 0 Å². The molecule has 1 heterocycles. The molecule has 1 aliphatic carbocycles. The third-order valence-electron chi connectivity index (χ3n) is 2.91. The van der Waals surface area contributed by atoms with Gasteiger partial charge in [-0.15, -0.1) is 0 Å². The molecule has 1 aliphatic rings. The van der Waals surface area contributed by atoms with E-state index >= 15 is 0 Å². The van der Waals surface area contributed by atoms with Crippen LogP contribution in [0, 0.1) is 5.41 Å². The third-order valence-corrected chi connectivity index (χ3v) is 2.91. The van der Waals surface area contributed by atoms with E-state index in [9.17, 15) is 0 Å². The molecule has 1 fully saturated rings. The first kappa shape index (κ1) is 13.1. The molecule has 3 N–H and O–H groups in total. The van der Waals surface area contributed by atoms with Crippen molar-refractivity contribution in [1.29, 1.82) is 0 Å². The Balaban J connectivity index is 2.00. The molecule has 0 aliphatic heterocycles. The fraction of sp³-hybridized carbons (Fsp3) is 0.692. The number of nitrogens with two attached hydrogens (primary N) is 1. The van der Waals surface area contributed by atoms with Crippen LogP contribution in [-0.4, -0.2) is 16.6 Å². The van der Waals surface area contributed by atoms with Crippen molar-refractivity contribution in [2.24, 2.45) is 11.3 Å². The summed E-state index contributed by atoms with van der Waals surface area (Å²) in [6.45, 7) is 7.24. The van der Waals surface area contributed by atoms with Crippen LogP contribution in [0.1, 0.15) is 51.8 Å². The molecule has 1 aromatic rings. The zero-order valence-electron chi connectivity index (χ0n) is 11.4. The summed E-state index contributed by atoms with van der Waals surface area (Å²) >= 11 is 0. The van der Waals surface area contributed by atoms with E-state index in [0.29, 0.717) is 24.2 Å². The van der Waals surface area contributed by atoms with Gasteiger partial charge in [0, 0.05) is 12.0 Å². The van der Waals surface area contributed by atoms with Crippen molar-refractivity contribution < 1.29 is 4.74 Å². The van der Waals surface area contributed by atoms with Crippen molar-refractivity contribution in [2.45, 2.75) is 46.0 Å². The summed E-state index contributed by atoms with van der Waals surface area (Å²) in [5.41, 5.74) is 2.83. The van der Waals surface area contributed by atoms with Gasteiger partial charge in [-0.05, 0) is 24.7 Å². The minimum Gasteiger partial charge on any atom is -0.478 e. The van der Waals surface area contributed by atoms with Gasteiger partial charge in [-0.1, -0.05) is 20.8 Å². The molecule has 5 heteroatoms. The highest BCUT2D eigenvalue weighted by atomic mass is 16.5. The summed E-state index contributed by atoms with van der Waals surface area (Å²) < 4.78 is 5.70. The van der Waals surface area contributed by atoms with Crippen molar-refractivity contribution in [2.75, 3.05) is 12.0 Å². The highest BCUT2D eigenvalue weighted by Gasteiger charge is 2.27. The lowest BCUT2D eigenvalue weighted by Crippen LogP contribution is -2.14. The number of ether oxygens (including phenoxy) is 1. The molecule has 5 nitrogen and oxygen atoms in total. The second kappa shape index (κ2) is 5.10. The lowest BCUT2D eigenvalue weighted by molar-refractivity contribution is 0.235. The summed E-state index contributed by atoms with van der Waals surface area (Å²) in [4.78, 5) is 8.78. The first-order valence-electron chi connectivity index (χ1n) is 6.46. The average molecular weight is 250 g/mol. The first-order valence-corrected chi connectivity index (χ1v) is 6.46. The molecule has 0 spiro atoms. The van der Waals surface area contributed by atoms with Gasteiger partial charge in [0.15, 0.2) is 0 Å². The number of hydrogen-bond donors (Lipinski definition) is 2. The lowest BCUT2D eigenvalue weighted by Gasteiger charge is -2.18. The van der Waals surface area contributed by atoms with Crippen LogP contribution in [0.25, 0.3) is 0 Å². The zero-order valence-corrected chi connectivity index (χ0v) is 11.4. The molecule has 0 amide bonds. The first-order chi connectivity index (χ1) is 8.48. The van der Waals surface area contributed by atoms with Crippen LogP contribution in [0.4, 0.5) is 5.82 Å². The van der Waals surface area contributed by atoms with Crippen LogP contribution in [0.5, 0.6) is 5.88 Å². The SMILES string of the molecule is CC(C)(C)CCOc1cc(NN)nc(C2CC2)n1. The van der Waals surface area contributed by atoms with Crippen molar-refractivity contribution >= 4 is 5.82 Å². The van der Waals surface area contributed by atoms with Gasteiger partial charge in [-0.3, -0.25) is 0 Å². The van der Waals surface area contributed by atoms with Crippen molar-refractivity contribution in [1.82, 2.24) is 9.97 Å².